The van der Waals surface area contributed by atoms with E-state index in [9.17, 15) is 4.57 Å². The molecular formula is C22H28Br2NO5P. The average Bonchev–Trinajstić information content (AvgIpc) is 3.01. The van der Waals surface area contributed by atoms with Gasteiger partial charge in [-0.3, -0.25) is 4.57 Å². The molecule has 0 aliphatic heterocycles. The fourth-order valence-electron chi connectivity index (χ4n) is 3.78. The molecule has 0 aliphatic rings. The van der Waals surface area contributed by atoms with Gasteiger partial charge >= 0.3 is 7.60 Å². The number of hydrogen-bond donors (Lipinski definition) is 0. The van der Waals surface area contributed by atoms with Gasteiger partial charge in [0, 0.05) is 29.4 Å². The number of nitrogens with zero attached hydrogens (tertiary/aromatic N) is 1. The highest BCUT2D eigenvalue weighted by atomic mass is 79.9. The van der Waals surface area contributed by atoms with Crippen LogP contribution in [0.3, 0.4) is 0 Å². The summed E-state index contributed by atoms with van der Waals surface area (Å²) in [6.07, 6.45) is 1.98. The monoisotopic (exact) mass is 575 g/mol. The molecule has 0 aliphatic carbocycles. The summed E-state index contributed by atoms with van der Waals surface area (Å²) in [4.78, 5) is 0. The largest absolute Gasteiger partial charge is 0.495 e. The molecule has 2 aromatic carbocycles. The van der Waals surface area contributed by atoms with Gasteiger partial charge in [-0.15, -0.1) is 0 Å². The topological polar surface area (TPSA) is 58.9 Å². The summed E-state index contributed by atoms with van der Waals surface area (Å²) in [6, 6.07) is 8.27. The molecule has 3 aromatic rings. The normalized spacial score (nSPS) is 12.1. The van der Waals surface area contributed by atoms with Crippen molar-refractivity contribution in [1.29, 1.82) is 0 Å². The number of benzene rings is 2. The molecule has 0 N–H and O–H groups in total. The Balaban J connectivity index is 1.96. The molecule has 1 aromatic heterocycles. The van der Waals surface area contributed by atoms with E-state index < -0.39 is 7.60 Å². The number of hydrogen-bond acceptors (Lipinski definition) is 5. The predicted molar refractivity (Wildman–Crippen MR) is 133 cm³/mol. The van der Waals surface area contributed by atoms with Crippen LogP contribution in [-0.2, 0) is 20.2 Å². The van der Waals surface area contributed by atoms with E-state index in [0.29, 0.717) is 19.4 Å². The molecule has 0 fully saturated rings. The second-order valence-electron chi connectivity index (χ2n) is 7.04. The van der Waals surface area contributed by atoms with E-state index in [1.807, 2.05) is 26.0 Å². The molecule has 0 atom stereocenters. The maximum atomic E-state index is 12.7. The fourth-order valence-corrected chi connectivity index (χ4v) is 6.52. The minimum atomic E-state index is -3.02. The highest BCUT2D eigenvalue weighted by molar-refractivity contribution is 9.11. The number of unbranched alkanes of at least 4 members (excludes halogenated alkanes) is 1. The van der Waals surface area contributed by atoms with Crippen LogP contribution in [0.5, 0.6) is 11.5 Å². The number of fused-ring (bicyclic) bond motifs is 3. The van der Waals surface area contributed by atoms with Gasteiger partial charge < -0.3 is 23.1 Å². The molecule has 0 spiro atoms. The van der Waals surface area contributed by atoms with Gasteiger partial charge in [-0.25, -0.2) is 0 Å². The molecular weight excluding hydrogens is 549 g/mol. The highest BCUT2D eigenvalue weighted by Crippen LogP contribution is 2.49. The van der Waals surface area contributed by atoms with Crippen LogP contribution in [-0.4, -0.2) is 38.2 Å². The van der Waals surface area contributed by atoms with Crippen LogP contribution in [0.25, 0.3) is 21.8 Å². The average molecular weight is 577 g/mol. The lowest BCUT2D eigenvalue weighted by Crippen LogP contribution is -2.03. The number of rotatable bonds is 11. The van der Waals surface area contributed by atoms with Gasteiger partial charge in [0.1, 0.15) is 11.5 Å². The maximum Gasteiger partial charge on any atom is 0.330 e. The lowest BCUT2D eigenvalue weighted by Gasteiger charge is -2.17. The van der Waals surface area contributed by atoms with E-state index in [1.54, 1.807) is 14.2 Å². The summed E-state index contributed by atoms with van der Waals surface area (Å²) < 4.78 is 38.7. The quantitative estimate of drug-likeness (QED) is 0.176. The molecule has 1 heterocycles. The van der Waals surface area contributed by atoms with Crippen LogP contribution in [0.1, 0.15) is 26.7 Å². The summed E-state index contributed by atoms with van der Waals surface area (Å²) in [6.45, 7) is 5.19. The van der Waals surface area contributed by atoms with E-state index in [4.69, 9.17) is 18.5 Å². The standard InChI is InChI=1S/C22H28Br2NO5P/c1-5-29-31(26,30-6-2)10-8-7-9-25-19-13-21(27-3)17(23)11-15(19)16-12-18(24)22(28-4)14-20(16)25/h11-14H,5-10H2,1-4H3. The Hall–Kier alpha value is -1.05. The second kappa shape index (κ2) is 10.7. The zero-order valence-electron chi connectivity index (χ0n) is 18.2. The van der Waals surface area contributed by atoms with Crippen LogP contribution in [0.4, 0.5) is 0 Å². The number of halogens is 2. The third kappa shape index (κ3) is 5.31. The van der Waals surface area contributed by atoms with Crippen molar-refractivity contribution in [2.24, 2.45) is 0 Å². The van der Waals surface area contributed by atoms with Gasteiger partial charge in [0.05, 0.1) is 53.6 Å². The van der Waals surface area contributed by atoms with Gasteiger partial charge in [-0.1, -0.05) is 0 Å². The number of ether oxygens (including phenoxy) is 2. The van der Waals surface area contributed by atoms with Crippen molar-refractivity contribution in [3.8, 4) is 11.5 Å². The molecule has 6 nitrogen and oxygen atoms in total. The van der Waals surface area contributed by atoms with E-state index >= 15 is 0 Å². The van der Waals surface area contributed by atoms with Crippen molar-refractivity contribution in [1.82, 2.24) is 4.57 Å². The Morgan fingerprint density at radius 3 is 1.74 bits per heavy atom. The van der Waals surface area contributed by atoms with Crippen molar-refractivity contribution in [2.75, 3.05) is 33.6 Å². The Kier molecular flexibility index (Phi) is 8.50. The van der Waals surface area contributed by atoms with E-state index in [2.05, 4.69) is 48.6 Å². The van der Waals surface area contributed by atoms with Crippen molar-refractivity contribution >= 4 is 61.3 Å². The number of aryl methyl sites for hydroxylation is 1. The van der Waals surface area contributed by atoms with E-state index in [0.717, 1.165) is 61.6 Å². The molecule has 0 saturated heterocycles. The van der Waals surface area contributed by atoms with Crippen molar-refractivity contribution in [2.45, 2.75) is 33.2 Å². The zero-order chi connectivity index (χ0) is 22.6. The molecule has 0 amide bonds. The predicted octanol–water partition coefficient (Wildman–Crippen LogP) is 7.38. The van der Waals surface area contributed by atoms with E-state index in [1.165, 1.54) is 0 Å². The smallest absolute Gasteiger partial charge is 0.330 e. The van der Waals surface area contributed by atoms with Crippen LogP contribution in [0.2, 0.25) is 0 Å². The van der Waals surface area contributed by atoms with Gasteiger partial charge in [-0.05, 0) is 70.7 Å². The Morgan fingerprint density at radius 2 is 1.32 bits per heavy atom. The molecule has 0 radical (unpaired) electrons. The number of aromatic nitrogens is 1. The number of methoxy groups -OCH3 is 2. The van der Waals surface area contributed by atoms with Crippen LogP contribution in [0.15, 0.2) is 33.2 Å². The second-order valence-corrected chi connectivity index (χ2v) is 10.9. The molecule has 31 heavy (non-hydrogen) atoms. The lowest BCUT2D eigenvalue weighted by atomic mass is 10.1. The molecule has 170 valence electrons. The van der Waals surface area contributed by atoms with Gasteiger partial charge in [0.2, 0.25) is 0 Å². The lowest BCUT2D eigenvalue weighted by molar-refractivity contribution is 0.219. The summed E-state index contributed by atoms with van der Waals surface area (Å²) in [5.41, 5.74) is 2.15. The van der Waals surface area contributed by atoms with Crippen LogP contribution in [0, 0.1) is 0 Å². The molecule has 0 unspecified atom stereocenters. The van der Waals surface area contributed by atoms with Crippen LogP contribution >= 0.6 is 39.5 Å². The van der Waals surface area contributed by atoms with Crippen LogP contribution < -0.4 is 9.47 Å². The minimum Gasteiger partial charge on any atom is -0.495 e. The first-order valence-electron chi connectivity index (χ1n) is 10.3. The zero-order valence-corrected chi connectivity index (χ0v) is 22.3. The van der Waals surface area contributed by atoms with Gasteiger partial charge in [0.25, 0.3) is 0 Å². The molecule has 0 bridgehead atoms. The fraction of sp³-hybridized carbons (Fsp3) is 0.455. The molecule has 3 rings (SSSR count). The summed E-state index contributed by atoms with van der Waals surface area (Å²) in [5, 5.41) is 2.25. The highest BCUT2D eigenvalue weighted by Gasteiger charge is 2.23. The summed E-state index contributed by atoms with van der Waals surface area (Å²) in [7, 11) is 0.306. The Morgan fingerprint density at radius 1 is 0.839 bits per heavy atom. The third-order valence-electron chi connectivity index (χ3n) is 5.13. The summed E-state index contributed by atoms with van der Waals surface area (Å²) >= 11 is 7.21. The van der Waals surface area contributed by atoms with Crippen molar-refractivity contribution in [3.05, 3.63) is 33.2 Å². The first kappa shape index (κ1) is 24.6. The summed E-state index contributed by atoms with van der Waals surface area (Å²) in [5.74, 6) is 1.56. The van der Waals surface area contributed by atoms with Gasteiger partial charge in [0.15, 0.2) is 0 Å². The Bertz CT molecular complexity index is 1040. The SMILES string of the molecule is CCOP(=O)(CCCCn1c2cc(OC)c(Br)cc2c2cc(Br)c(OC)cc21)OCC. The van der Waals surface area contributed by atoms with E-state index in [-0.39, 0.29) is 0 Å². The molecule has 9 heteroatoms. The minimum absolute atomic E-state index is 0.382. The van der Waals surface area contributed by atoms with Gasteiger partial charge in [-0.2, -0.15) is 0 Å². The first-order valence-corrected chi connectivity index (χ1v) is 13.6. The third-order valence-corrected chi connectivity index (χ3v) is 8.53. The van der Waals surface area contributed by atoms with Crippen molar-refractivity contribution in [3.63, 3.8) is 0 Å². The first-order chi connectivity index (χ1) is 14.9. The van der Waals surface area contributed by atoms with Crippen molar-refractivity contribution < 1.29 is 23.1 Å². The molecule has 0 saturated carbocycles. The Labute approximate surface area is 200 Å². The maximum absolute atomic E-state index is 12.7.